The van der Waals surface area contributed by atoms with Crippen LogP contribution in [-0.2, 0) is 0 Å². The van der Waals surface area contributed by atoms with Crippen molar-refractivity contribution in [3.63, 3.8) is 0 Å². The SMILES string of the molecule is CCN(C(=O)c1cc(C2CC2)nc2c1cnn2C(C)C)C1CCCCC1. The first kappa shape index (κ1) is 17.5. The Morgan fingerprint density at radius 2 is 1.96 bits per heavy atom. The Kier molecular flexibility index (Phi) is 4.72. The van der Waals surface area contributed by atoms with E-state index in [2.05, 4.69) is 36.8 Å². The molecule has 0 unspecified atom stereocenters. The van der Waals surface area contributed by atoms with Crippen molar-refractivity contribution in [3.05, 3.63) is 23.5 Å². The van der Waals surface area contributed by atoms with Crippen LogP contribution in [0, 0.1) is 0 Å². The summed E-state index contributed by atoms with van der Waals surface area (Å²) in [5.74, 6) is 0.684. The summed E-state index contributed by atoms with van der Waals surface area (Å²) in [6, 6.07) is 2.67. The molecule has 140 valence electrons. The van der Waals surface area contributed by atoms with E-state index in [0.29, 0.717) is 12.0 Å². The molecular formula is C21H30N4O. The first-order valence-corrected chi connectivity index (χ1v) is 10.3. The average Bonchev–Trinajstić information content (AvgIpc) is 3.41. The molecule has 0 aliphatic heterocycles. The molecular weight excluding hydrogens is 324 g/mol. The van der Waals surface area contributed by atoms with E-state index in [-0.39, 0.29) is 11.9 Å². The fraction of sp³-hybridized carbons (Fsp3) is 0.667. The Hall–Kier alpha value is -1.91. The van der Waals surface area contributed by atoms with Crippen LogP contribution in [0.4, 0.5) is 0 Å². The van der Waals surface area contributed by atoms with Gasteiger partial charge in [-0.3, -0.25) is 4.79 Å². The lowest BCUT2D eigenvalue weighted by atomic mass is 9.93. The number of hydrogen-bond acceptors (Lipinski definition) is 3. The number of pyridine rings is 1. The van der Waals surface area contributed by atoms with E-state index in [0.717, 1.165) is 41.7 Å². The second-order valence-corrected chi connectivity index (χ2v) is 8.17. The largest absolute Gasteiger partial charge is 0.336 e. The van der Waals surface area contributed by atoms with Crippen LogP contribution < -0.4 is 0 Å². The number of nitrogens with zero attached hydrogens (tertiary/aromatic N) is 4. The van der Waals surface area contributed by atoms with E-state index >= 15 is 0 Å². The van der Waals surface area contributed by atoms with E-state index < -0.39 is 0 Å². The highest BCUT2D eigenvalue weighted by Gasteiger charge is 2.31. The first-order valence-electron chi connectivity index (χ1n) is 10.3. The van der Waals surface area contributed by atoms with Crippen LogP contribution in [0.25, 0.3) is 11.0 Å². The molecule has 0 spiro atoms. The third kappa shape index (κ3) is 3.12. The Balaban J connectivity index is 1.77. The molecule has 26 heavy (non-hydrogen) atoms. The summed E-state index contributed by atoms with van der Waals surface area (Å²) in [6.07, 6.45) is 10.2. The van der Waals surface area contributed by atoms with Gasteiger partial charge < -0.3 is 4.90 Å². The second kappa shape index (κ2) is 7.01. The quantitative estimate of drug-likeness (QED) is 0.783. The van der Waals surface area contributed by atoms with Gasteiger partial charge in [0.15, 0.2) is 5.65 Å². The normalized spacial score (nSPS) is 18.6. The predicted octanol–water partition coefficient (Wildman–Crippen LogP) is 4.68. The van der Waals surface area contributed by atoms with Crippen molar-refractivity contribution in [1.29, 1.82) is 0 Å². The molecule has 0 bridgehead atoms. The van der Waals surface area contributed by atoms with Crippen LogP contribution in [0.5, 0.6) is 0 Å². The van der Waals surface area contributed by atoms with E-state index in [4.69, 9.17) is 4.98 Å². The smallest absolute Gasteiger partial charge is 0.254 e. The Bertz CT molecular complexity index is 800. The van der Waals surface area contributed by atoms with Gasteiger partial charge in [-0.2, -0.15) is 5.10 Å². The lowest BCUT2D eigenvalue weighted by molar-refractivity contribution is 0.0650. The number of rotatable bonds is 5. The Labute approximate surface area is 155 Å². The van der Waals surface area contributed by atoms with Crippen molar-refractivity contribution < 1.29 is 4.79 Å². The maximum atomic E-state index is 13.5. The highest BCUT2D eigenvalue weighted by atomic mass is 16.2. The fourth-order valence-corrected chi connectivity index (χ4v) is 4.30. The van der Waals surface area contributed by atoms with Crippen molar-refractivity contribution in [2.45, 2.75) is 83.7 Å². The van der Waals surface area contributed by atoms with E-state index in [1.165, 1.54) is 32.1 Å². The molecule has 2 aromatic heterocycles. The molecule has 2 fully saturated rings. The summed E-state index contributed by atoms with van der Waals surface area (Å²) in [5.41, 5.74) is 2.74. The average molecular weight is 354 g/mol. The van der Waals surface area contributed by atoms with Crippen LogP contribution in [0.2, 0.25) is 0 Å². The topological polar surface area (TPSA) is 51.0 Å². The lowest BCUT2D eigenvalue weighted by Crippen LogP contribution is -2.41. The number of fused-ring (bicyclic) bond motifs is 1. The second-order valence-electron chi connectivity index (χ2n) is 8.17. The molecule has 0 saturated heterocycles. The Morgan fingerprint density at radius 1 is 1.23 bits per heavy atom. The first-order chi connectivity index (χ1) is 12.6. The van der Waals surface area contributed by atoms with Crippen molar-refractivity contribution in [2.24, 2.45) is 0 Å². The molecule has 2 aromatic rings. The minimum absolute atomic E-state index is 0.164. The van der Waals surface area contributed by atoms with Crippen molar-refractivity contribution >= 4 is 16.9 Å². The molecule has 0 N–H and O–H groups in total. The van der Waals surface area contributed by atoms with Gasteiger partial charge in [0.1, 0.15) is 0 Å². The summed E-state index contributed by atoms with van der Waals surface area (Å²) in [7, 11) is 0. The lowest BCUT2D eigenvalue weighted by Gasteiger charge is -2.33. The van der Waals surface area contributed by atoms with Gasteiger partial charge in [-0.1, -0.05) is 19.3 Å². The minimum Gasteiger partial charge on any atom is -0.336 e. The molecule has 0 atom stereocenters. The van der Waals surface area contributed by atoms with Crippen molar-refractivity contribution in [2.75, 3.05) is 6.54 Å². The van der Waals surface area contributed by atoms with Crippen LogP contribution in [0.15, 0.2) is 12.3 Å². The van der Waals surface area contributed by atoms with Gasteiger partial charge in [-0.25, -0.2) is 9.67 Å². The van der Waals surface area contributed by atoms with E-state index in [1.54, 1.807) is 0 Å². The number of carbonyl (C=O) groups is 1. The zero-order valence-corrected chi connectivity index (χ0v) is 16.2. The number of aromatic nitrogens is 3. The molecule has 0 aromatic carbocycles. The third-order valence-corrected chi connectivity index (χ3v) is 5.92. The van der Waals surface area contributed by atoms with Gasteiger partial charge in [0.05, 0.1) is 17.1 Å². The van der Waals surface area contributed by atoms with Gasteiger partial charge in [-0.05, 0) is 52.5 Å². The minimum atomic E-state index is 0.164. The van der Waals surface area contributed by atoms with Crippen LogP contribution in [-0.4, -0.2) is 38.2 Å². The van der Waals surface area contributed by atoms with Gasteiger partial charge in [0, 0.05) is 30.2 Å². The van der Waals surface area contributed by atoms with Gasteiger partial charge in [-0.15, -0.1) is 0 Å². The van der Waals surface area contributed by atoms with E-state index in [9.17, 15) is 4.79 Å². The summed E-state index contributed by atoms with van der Waals surface area (Å²) >= 11 is 0. The number of carbonyl (C=O) groups excluding carboxylic acids is 1. The molecule has 4 rings (SSSR count). The molecule has 2 heterocycles. The standard InChI is InChI=1S/C21H30N4O/c1-4-24(16-8-6-5-7-9-16)21(26)17-12-19(15-10-11-15)23-20-18(17)13-22-25(20)14(2)3/h12-16H,4-11H2,1-3H3. The van der Waals surface area contributed by atoms with E-state index in [1.807, 2.05) is 10.9 Å². The molecule has 2 aliphatic rings. The van der Waals surface area contributed by atoms with Crippen LogP contribution in [0.3, 0.4) is 0 Å². The summed E-state index contributed by atoms with van der Waals surface area (Å²) in [6.45, 7) is 7.09. The molecule has 2 aliphatic carbocycles. The zero-order valence-electron chi connectivity index (χ0n) is 16.2. The molecule has 0 radical (unpaired) electrons. The van der Waals surface area contributed by atoms with Crippen molar-refractivity contribution in [3.8, 4) is 0 Å². The third-order valence-electron chi connectivity index (χ3n) is 5.92. The molecule has 1 amide bonds. The fourth-order valence-electron chi connectivity index (χ4n) is 4.30. The van der Waals surface area contributed by atoms with Gasteiger partial charge in [0.2, 0.25) is 0 Å². The number of amides is 1. The molecule has 5 heteroatoms. The highest BCUT2D eigenvalue weighted by molar-refractivity contribution is 6.05. The van der Waals surface area contributed by atoms with Gasteiger partial charge >= 0.3 is 0 Å². The zero-order chi connectivity index (χ0) is 18.3. The van der Waals surface area contributed by atoms with Gasteiger partial charge in [0.25, 0.3) is 5.91 Å². The monoisotopic (exact) mass is 354 g/mol. The maximum Gasteiger partial charge on any atom is 0.254 e. The Morgan fingerprint density at radius 3 is 2.58 bits per heavy atom. The summed E-state index contributed by atoms with van der Waals surface area (Å²) in [5, 5.41) is 5.44. The summed E-state index contributed by atoms with van der Waals surface area (Å²) < 4.78 is 1.95. The maximum absolute atomic E-state index is 13.5. The highest BCUT2D eigenvalue weighted by Crippen LogP contribution is 2.40. The number of hydrogen-bond donors (Lipinski definition) is 0. The predicted molar refractivity (Wildman–Crippen MR) is 103 cm³/mol. The molecule has 2 saturated carbocycles. The molecule has 5 nitrogen and oxygen atoms in total. The van der Waals surface area contributed by atoms with Crippen molar-refractivity contribution in [1.82, 2.24) is 19.7 Å². The van der Waals surface area contributed by atoms with Crippen LogP contribution in [0.1, 0.15) is 93.7 Å². The summed E-state index contributed by atoms with van der Waals surface area (Å²) in [4.78, 5) is 20.5. The van der Waals surface area contributed by atoms with Crippen LogP contribution >= 0.6 is 0 Å².